The Hall–Kier alpha value is 0.600. The van der Waals surface area contributed by atoms with Gasteiger partial charge in [-0.2, -0.15) is 0 Å². The highest BCUT2D eigenvalue weighted by Gasteiger charge is 2.11. The monoisotopic (exact) mass is 252 g/mol. The quantitative estimate of drug-likeness (QED) is 0.522. The zero-order valence-corrected chi connectivity index (χ0v) is 9.15. The normalized spacial score (nSPS) is 27.0. The van der Waals surface area contributed by atoms with Gasteiger partial charge >= 0.3 is 0 Å². The van der Waals surface area contributed by atoms with Crippen molar-refractivity contribution in [2.75, 3.05) is 4.43 Å². The fourth-order valence-corrected chi connectivity index (χ4v) is 4.85. The van der Waals surface area contributed by atoms with Crippen molar-refractivity contribution >= 4 is 24.2 Å². The van der Waals surface area contributed by atoms with Gasteiger partial charge in [0.05, 0.1) is 0 Å². The van der Waals surface area contributed by atoms with E-state index in [9.17, 15) is 0 Å². The van der Waals surface area contributed by atoms with Crippen LogP contribution in [-0.4, -0.2) is 7.94 Å². The average molecular weight is 252 g/mol. The van der Waals surface area contributed by atoms with Gasteiger partial charge in [-0.3, -0.25) is 0 Å². The molecule has 0 amide bonds. The highest BCUT2D eigenvalue weighted by Crippen LogP contribution is 2.26. The lowest BCUT2D eigenvalue weighted by Gasteiger charge is -2.18. The van der Waals surface area contributed by atoms with E-state index in [0.29, 0.717) is 20.7 Å². The van der Waals surface area contributed by atoms with Crippen molar-refractivity contribution in [1.82, 2.24) is 0 Å². The molecule has 10 heavy (non-hydrogen) atoms. The van der Waals surface area contributed by atoms with Crippen molar-refractivity contribution < 1.29 is 0 Å². The van der Waals surface area contributed by atoms with Crippen LogP contribution in [0.2, 0.25) is 0 Å². The molecule has 1 heterocycles. The summed E-state index contributed by atoms with van der Waals surface area (Å²) in [5.74, 6) is 1.10. The summed E-state index contributed by atoms with van der Waals surface area (Å²) in [6.07, 6.45) is 5.78. The van der Waals surface area contributed by atoms with Gasteiger partial charge < -0.3 is 0 Å². The van der Waals surface area contributed by atoms with Gasteiger partial charge in [-0.15, -0.1) is 20.7 Å². The third kappa shape index (κ3) is 2.33. The van der Waals surface area contributed by atoms with E-state index in [-0.39, 0.29) is 0 Å². The summed E-state index contributed by atoms with van der Waals surface area (Å²) in [6, 6.07) is 0. The molecule has 0 saturated heterocycles. The molecule has 0 N–H and O–H groups in total. The molecule has 0 bridgehead atoms. The number of rotatable bonds is 2. The summed E-state index contributed by atoms with van der Waals surface area (Å²) >= 11 is 0.519. The summed E-state index contributed by atoms with van der Waals surface area (Å²) in [5, 5.41) is 0. The first-order valence-corrected chi connectivity index (χ1v) is 6.91. The van der Waals surface area contributed by atoms with Crippen LogP contribution in [0.4, 0.5) is 0 Å². The fraction of sp³-hybridized carbons (Fsp3) is 0.889. The second-order valence-corrected chi connectivity index (χ2v) is 6.14. The average Bonchev–Trinajstić information content (AvgIpc) is 2.05. The van der Waals surface area contributed by atoms with Gasteiger partial charge in [0.15, 0.2) is 0 Å². The first-order valence-electron chi connectivity index (χ1n) is 4.30. The molecule has 0 saturated carbocycles. The second kappa shape index (κ2) is 4.47. The summed E-state index contributed by atoms with van der Waals surface area (Å²) in [4.78, 5) is 0. The molecule has 1 rings (SSSR count). The smallest absolute Gasteiger partial charge is 0.00244 e. The van der Waals surface area contributed by atoms with Crippen LogP contribution in [0.3, 0.4) is 0 Å². The first-order chi connectivity index (χ1) is 4.86. The van der Waals surface area contributed by atoms with Crippen molar-refractivity contribution in [1.29, 1.82) is 0 Å². The largest absolute Gasteiger partial charge is 0.123 e. The Balaban J connectivity index is 2.36. The minimum absolute atomic E-state index is 0.519. The molecule has 0 aromatic rings. The molecular weight excluding hydrogens is 235 g/mol. The molecule has 1 atom stereocenters. The Morgan fingerprint density at radius 1 is 1.50 bits per heavy atom. The molecule has 0 aromatic heterocycles. The highest BCUT2D eigenvalue weighted by atomic mass is 127. The number of alkyl halides is 1. The van der Waals surface area contributed by atoms with E-state index in [1.54, 1.807) is 4.43 Å². The van der Waals surface area contributed by atoms with Crippen LogP contribution in [0.15, 0.2) is 0 Å². The summed E-state index contributed by atoms with van der Waals surface area (Å²) in [5.41, 5.74) is 0. The van der Waals surface area contributed by atoms with Crippen molar-refractivity contribution in [3.63, 3.8) is 0 Å². The molecule has 1 aliphatic heterocycles. The molecule has 0 aromatic carbocycles. The lowest BCUT2D eigenvalue weighted by molar-refractivity contribution is 0.542. The van der Waals surface area contributed by atoms with E-state index in [1.165, 1.54) is 25.7 Å². The van der Waals surface area contributed by atoms with Gasteiger partial charge in [-0.25, -0.2) is 0 Å². The predicted molar refractivity (Wildman–Crippen MR) is 57.2 cm³/mol. The van der Waals surface area contributed by atoms with Crippen molar-refractivity contribution in [2.24, 2.45) is 5.92 Å². The van der Waals surface area contributed by atoms with Crippen molar-refractivity contribution in [3.8, 4) is 0 Å². The fourth-order valence-electron chi connectivity index (χ4n) is 1.31. The van der Waals surface area contributed by atoms with E-state index in [0.717, 1.165) is 5.92 Å². The molecule has 0 spiro atoms. The lowest BCUT2D eigenvalue weighted by Crippen LogP contribution is -2.09. The molecule has 60 valence electrons. The van der Waals surface area contributed by atoms with Crippen molar-refractivity contribution in [3.05, 3.63) is 0 Å². The lowest BCUT2D eigenvalue weighted by atomic mass is 10.0. The van der Waals surface area contributed by atoms with Crippen LogP contribution >= 0.6 is 20.7 Å². The summed E-state index contributed by atoms with van der Waals surface area (Å²) < 4.78 is 3.50. The highest BCUT2D eigenvalue weighted by molar-refractivity contribution is 14.2. The molecule has 0 aliphatic carbocycles. The maximum absolute atomic E-state index is 2.34. The summed E-state index contributed by atoms with van der Waals surface area (Å²) in [7, 11) is 0. The molecule has 0 nitrogen and oxygen atoms in total. The number of halogens is 1. The summed E-state index contributed by atoms with van der Waals surface area (Å²) in [6.45, 7) is 4.66. The molecule has 0 radical (unpaired) electrons. The van der Waals surface area contributed by atoms with E-state index < -0.39 is 0 Å². The van der Waals surface area contributed by atoms with Crippen LogP contribution < -0.4 is 0 Å². The van der Waals surface area contributed by atoms with Gasteiger partial charge in [0, 0.05) is 0 Å². The maximum atomic E-state index is 2.34. The van der Waals surface area contributed by atoms with Crippen LogP contribution in [-0.2, 0) is 0 Å². The van der Waals surface area contributed by atoms with E-state index in [1.807, 2.05) is 3.51 Å². The Kier molecular flexibility index (Phi) is 3.89. The molecule has 1 unspecified atom stereocenters. The van der Waals surface area contributed by atoms with E-state index >= 15 is 0 Å². The number of hydrogen-bond donors (Lipinski definition) is 0. The van der Waals surface area contributed by atoms with E-state index in [2.05, 4.69) is 13.8 Å². The van der Waals surface area contributed by atoms with Crippen LogP contribution in [0, 0.1) is 5.92 Å². The van der Waals surface area contributed by atoms with Crippen LogP contribution in [0.25, 0.3) is 0 Å². The predicted octanol–water partition coefficient (Wildman–Crippen LogP) is 3.36. The molecule has 1 heteroatoms. The topological polar surface area (TPSA) is 0 Å². The Morgan fingerprint density at radius 2 is 2.30 bits per heavy atom. The van der Waals surface area contributed by atoms with Gasteiger partial charge in [0.1, 0.15) is 0 Å². The minimum Gasteiger partial charge on any atom is -0.123 e. The van der Waals surface area contributed by atoms with Crippen LogP contribution in [0.1, 0.15) is 39.5 Å². The third-order valence-electron chi connectivity index (χ3n) is 2.27. The molecule has 0 fully saturated rings. The van der Waals surface area contributed by atoms with Gasteiger partial charge in [-0.05, 0) is 33.1 Å². The maximum Gasteiger partial charge on any atom is -0.00244 e. The second-order valence-electron chi connectivity index (χ2n) is 2.97. The molecular formula is C9H17I. The third-order valence-corrected chi connectivity index (χ3v) is 6.34. The minimum atomic E-state index is 0.519. The van der Waals surface area contributed by atoms with Crippen LogP contribution in [0.5, 0.6) is 0 Å². The Morgan fingerprint density at radius 3 is 2.70 bits per heavy atom. The SMILES string of the molecule is CCC1=ICC(CC)CC1. The van der Waals surface area contributed by atoms with E-state index in [4.69, 9.17) is 0 Å². The molecule has 1 aliphatic rings. The number of hydrogen-bond acceptors (Lipinski definition) is 0. The standard InChI is InChI=1S/C9H17I/c1-3-8-5-6-9(4-2)10-7-8/h8H,3-7H2,1-2H3. The zero-order valence-electron chi connectivity index (χ0n) is 6.99. The first kappa shape index (κ1) is 8.69. The van der Waals surface area contributed by atoms with Gasteiger partial charge in [-0.1, -0.05) is 20.3 Å². The zero-order chi connectivity index (χ0) is 7.40. The Labute approximate surface area is 74.1 Å². The van der Waals surface area contributed by atoms with Gasteiger partial charge in [0.25, 0.3) is 0 Å². The van der Waals surface area contributed by atoms with Gasteiger partial charge in [0.2, 0.25) is 0 Å². The van der Waals surface area contributed by atoms with Crippen molar-refractivity contribution in [2.45, 2.75) is 39.5 Å². The Bertz CT molecular complexity index is 127.